The molecule has 0 spiro atoms. The first-order valence-electron chi connectivity index (χ1n) is 8.63. The second-order valence-electron chi connectivity index (χ2n) is 5.73. The average molecular weight is 353 g/mol. The van der Waals surface area contributed by atoms with Crippen molar-refractivity contribution < 1.29 is 14.4 Å². The van der Waals surface area contributed by atoms with E-state index in [9.17, 15) is 14.4 Å². The molecule has 0 atom stereocenters. The Kier molecular flexibility index (Phi) is 6.91. The zero-order valence-corrected chi connectivity index (χ0v) is 15.0. The molecule has 0 fully saturated rings. The number of nitrogens with one attached hydrogen (secondary N) is 3. The van der Waals surface area contributed by atoms with Crippen LogP contribution in [0.4, 0.5) is 11.4 Å². The lowest BCUT2D eigenvalue weighted by Crippen LogP contribution is -2.25. The molecule has 0 radical (unpaired) electrons. The second kappa shape index (κ2) is 9.36. The average Bonchev–Trinajstić information content (AvgIpc) is 2.66. The van der Waals surface area contributed by atoms with Crippen LogP contribution in [0.3, 0.4) is 0 Å². The van der Waals surface area contributed by atoms with E-state index in [1.807, 2.05) is 6.92 Å². The molecule has 0 heterocycles. The van der Waals surface area contributed by atoms with E-state index in [1.54, 1.807) is 55.5 Å². The number of rotatable bonds is 7. The van der Waals surface area contributed by atoms with Crippen LogP contribution in [0.2, 0.25) is 0 Å². The molecule has 6 nitrogen and oxygen atoms in total. The second-order valence-corrected chi connectivity index (χ2v) is 5.73. The summed E-state index contributed by atoms with van der Waals surface area (Å²) in [7, 11) is 0. The van der Waals surface area contributed by atoms with Gasteiger partial charge in [0.25, 0.3) is 11.8 Å². The number of hydrogen-bond donors (Lipinski definition) is 3. The van der Waals surface area contributed by atoms with Crippen molar-refractivity contribution in [2.45, 2.75) is 26.7 Å². The highest BCUT2D eigenvalue weighted by atomic mass is 16.2. The molecule has 26 heavy (non-hydrogen) atoms. The van der Waals surface area contributed by atoms with Crippen LogP contribution in [0.25, 0.3) is 0 Å². The zero-order chi connectivity index (χ0) is 18.9. The number of anilines is 2. The van der Waals surface area contributed by atoms with Crippen molar-refractivity contribution in [1.29, 1.82) is 0 Å². The van der Waals surface area contributed by atoms with Crippen molar-refractivity contribution in [2.24, 2.45) is 0 Å². The van der Waals surface area contributed by atoms with Crippen LogP contribution >= 0.6 is 0 Å². The molecule has 3 amide bonds. The highest BCUT2D eigenvalue weighted by Gasteiger charge is 2.13. The molecule has 0 bridgehead atoms. The number of carbonyl (C=O) groups is 3. The molecule has 2 rings (SSSR count). The van der Waals surface area contributed by atoms with E-state index >= 15 is 0 Å². The number of amides is 3. The van der Waals surface area contributed by atoms with Gasteiger partial charge in [-0.2, -0.15) is 0 Å². The molecule has 2 aromatic rings. The first-order chi connectivity index (χ1) is 12.5. The van der Waals surface area contributed by atoms with E-state index in [4.69, 9.17) is 0 Å². The van der Waals surface area contributed by atoms with E-state index in [2.05, 4.69) is 16.0 Å². The Morgan fingerprint density at radius 2 is 1.54 bits per heavy atom. The Labute approximate surface area is 153 Å². The smallest absolute Gasteiger partial charge is 0.255 e. The maximum absolute atomic E-state index is 12.5. The van der Waals surface area contributed by atoms with Gasteiger partial charge in [0.2, 0.25) is 5.91 Å². The third-order valence-electron chi connectivity index (χ3n) is 3.71. The maximum Gasteiger partial charge on any atom is 0.255 e. The van der Waals surface area contributed by atoms with Gasteiger partial charge >= 0.3 is 0 Å². The summed E-state index contributed by atoms with van der Waals surface area (Å²) < 4.78 is 0. The fourth-order valence-electron chi connectivity index (χ4n) is 2.27. The highest BCUT2D eigenvalue weighted by Crippen LogP contribution is 2.17. The minimum absolute atomic E-state index is 0.0887. The Morgan fingerprint density at radius 3 is 2.19 bits per heavy atom. The van der Waals surface area contributed by atoms with E-state index < -0.39 is 0 Å². The summed E-state index contributed by atoms with van der Waals surface area (Å²) in [4.78, 5) is 36.1. The van der Waals surface area contributed by atoms with Gasteiger partial charge in [-0.05, 0) is 42.8 Å². The van der Waals surface area contributed by atoms with Gasteiger partial charge in [0, 0.05) is 24.2 Å². The van der Waals surface area contributed by atoms with E-state index in [0.717, 1.165) is 6.42 Å². The molecular weight excluding hydrogens is 330 g/mol. The summed E-state index contributed by atoms with van der Waals surface area (Å²) >= 11 is 0. The van der Waals surface area contributed by atoms with Crippen LogP contribution in [-0.4, -0.2) is 24.3 Å². The lowest BCUT2D eigenvalue weighted by molar-refractivity contribution is -0.115. The molecule has 2 aromatic carbocycles. The molecule has 0 saturated carbocycles. The van der Waals surface area contributed by atoms with Crippen molar-refractivity contribution in [1.82, 2.24) is 5.32 Å². The highest BCUT2D eigenvalue weighted by molar-refractivity contribution is 6.09. The first-order valence-corrected chi connectivity index (χ1v) is 8.63. The lowest BCUT2D eigenvalue weighted by Gasteiger charge is -2.11. The molecule has 6 heteroatoms. The SMILES string of the molecule is CCCNC(=O)c1ccccc1NC(=O)c1ccc(NC(=O)CC)cc1. The molecule has 0 aromatic heterocycles. The van der Waals surface area contributed by atoms with Gasteiger partial charge in [0.15, 0.2) is 0 Å². The summed E-state index contributed by atoms with van der Waals surface area (Å²) in [5.41, 5.74) is 1.94. The van der Waals surface area contributed by atoms with Crippen molar-refractivity contribution >= 4 is 29.1 Å². The largest absolute Gasteiger partial charge is 0.352 e. The van der Waals surface area contributed by atoms with Gasteiger partial charge in [-0.25, -0.2) is 0 Å². The van der Waals surface area contributed by atoms with Crippen LogP contribution < -0.4 is 16.0 Å². The zero-order valence-electron chi connectivity index (χ0n) is 15.0. The van der Waals surface area contributed by atoms with Gasteiger partial charge in [-0.15, -0.1) is 0 Å². The summed E-state index contributed by atoms with van der Waals surface area (Å²) in [5.74, 6) is -0.635. The van der Waals surface area contributed by atoms with Crippen LogP contribution in [0.5, 0.6) is 0 Å². The Bertz CT molecular complexity index is 785. The maximum atomic E-state index is 12.5. The van der Waals surface area contributed by atoms with E-state index in [1.165, 1.54) is 0 Å². The third-order valence-corrected chi connectivity index (χ3v) is 3.71. The predicted molar refractivity (Wildman–Crippen MR) is 102 cm³/mol. The lowest BCUT2D eigenvalue weighted by atomic mass is 10.1. The number of carbonyl (C=O) groups excluding carboxylic acids is 3. The van der Waals surface area contributed by atoms with Gasteiger partial charge in [0.05, 0.1) is 11.3 Å². The van der Waals surface area contributed by atoms with Crippen LogP contribution in [0, 0.1) is 0 Å². The molecule has 0 unspecified atom stereocenters. The normalized spacial score (nSPS) is 10.1. The Balaban J connectivity index is 2.10. The van der Waals surface area contributed by atoms with Gasteiger partial charge < -0.3 is 16.0 Å². The quantitative estimate of drug-likeness (QED) is 0.713. The minimum atomic E-state index is -0.325. The van der Waals surface area contributed by atoms with Gasteiger partial charge in [-0.1, -0.05) is 26.0 Å². The molecule has 0 aliphatic heterocycles. The van der Waals surface area contributed by atoms with E-state index in [0.29, 0.717) is 35.5 Å². The number of hydrogen-bond acceptors (Lipinski definition) is 3. The van der Waals surface area contributed by atoms with Gasteiger partial charge in [0.1, 0.15) is 0 Å². The van der Waals surface area contributed by atoms with Crippen molar-refractivity contribution in [2.75, 3.05) is 17.2 Å². The Morgan fingerprint density at radius 1 is 0.846 bits per heavy atom. The monoisotopic (exact) mass is 353 g/mol. The van der Waals surface area contributed by atoms with Crippen molar-refractivity contribution in [3.63, 3.8) is 0 Å². The predicted octanol–water partition coefficient (Wildman–Crippen LogP) is 3.43. The van der Waals surface area contributed by atoms with E-state index in [-0.39, 0.29) is 17.7 Å². The Hall–Kier alpha value is -3.15. The van der Waals surface area contributed by atoms with Gasteiger partial charge in [-0.3, -0.25) is 14.4 Å². The standard InChI is InChI=1S/C20H23N3O3/c1-3-13-21-20(26)16-7-5-6-8-17(16)23-19(25)14-9-11-15(12-10-14)22-18(24)4-2/h5-12H,3-4,13H2,1-2H3,(H,21,26)(H,22,24)(H,23,25). The minimum Gasteiger partial charge on any atom is -0.352 e. The first kappa shape index (κ1) is 19.2. The van der Waals surface area contributed by atoms with Crippen LogP contribution in [0.15, 0.2) is 48.5 Å². The molecular formula is C20H23N3O3. The summed E-state index contributed by atoms with van der Waals surface area (Å²) in [6, 6.07) is 13.5. The topological polar surface area (TPSA) is 87.3 Å². The van der Waals surface area contributed by atoms with Crippen molar-refractivity contribution in [3.8, 4) is 0 Å². The summed E-state index contributed by atoms with van der Waals surface area (Å²) in [5, 5.41) is 8.30. The molecule has 136 valence electrons. The fraction of sp³-hybridized carbons (Fsp3) is 0.250. The molecule has 0 aliphatic carbocycles. The fourth-order valence-corrected chi connectivity index (χ4v) is 2.27. The molecule has 0 saturated heterocycles. The van der Waals surface area contributed by atoms with Crippen LogP contribution in [0.1, 0.15) is 47.4 Å². The number of benzene rings is 2. The third kappa shape index (κ3) is 5.17. The molecule has 3 N–H and O–H groups in total. The number of para-hydroxylation sites is 1. The summed E-state index contributed by atoms with van der Waals surface area (Å²) in [6.07, 6.45) is 1.22. The van der Waals surface area contributed by atoms with Crippen LogP contribution in [-0.2, 0) is 4.79 Å². The van der Waals surface area contributed by atoms with Crippen molar-refractivity contribution in [3.05, 3.63) is 59.7 Å². The molecule has 0 aliphatic rings. The summed E-state index contributed by atoms with van der Waals surface area (Å²) in [6.45, 7) is 4.32.